The molecule has 0 aromatic heterocycles. The average Bonchev–Trinajstić information content (AvgIpc) is 2.99. The summed E-state index contributed by atoms with van der Waals surface area (Å²) in [5.41, 5.74) is 4.95. The fraction of sp³-hybridized carbons (Fsp3) is 0.125. The van der Waals surface area contributed by atoms with Gasteiger partial charge in [0.25, 0.3) is 0 Å². The predicted molar refractivity (Wildman–Crippen MR) is 85.4 cm³/mol. The van der Waals surface area contributed by atoms with Crippen LogP contribution in [-0.4, -0.2) is 18.0 Å². The summed E-state index contributed by atoms with van der Waals surface area (Å²) in [6, 6.07) is 14.5. The Bertz CT molecular complexity index is 713. The Morgan fingerprint density at radius 2 is 1.86 bits per heavy atom. The number of rotatable bonds is 3. The molecule has 1 N–H and O–H groups in total. The third-order valence-electron chi connectivity index (χ3n) is 3.44. The van der Waals surface area contributed by atoms with Gasteiger partial charge >= 0.3 is 0 Å². The third-order valence-corrected chi connectivity index (χ3v) is 4.18. The average molecular weight is 319 g/mol. The van der Waals surface area contributed by atoms with Crippen LogP contribution in [0.25, 0.3) is 0 Å². The van der Waals surface area contributed by atoms with Crippen LogP contribution in [0.2, 0.25) is 10.0 Å². The highest BCUT2D eigenvalue weighted by Gasteiger charge is 2.29. The molecule has 0 radical (unpaired) electrons. The minimum absolute atomic E-state index is 0.0725. The van der Waals surface area contributed by atoms with E-state index in [4.69, 9.17) is 23.2 Å². The standard InChI is InChI=1S/C16H12Cl2N2O/c17-13-7-6-11(8-14(13)18)12-9-19-20-15(12)16(21)10-4-2-1-3-5-10/h1-8,12,19H,9H2. The van der Waals surface area contributed by atoms with Gasteiger partial charge in [0.15, 0.2) is 0 Å². The first-order valence-electron chi connectivity index (χ1n) is 6.52. The Hall–Kier alpha value is -1.84. The highest BCUT2D eigenvalue weighted by molar-refractivity contribution is 6.48. The molecule has 106 valence electrons. The van der Waals surface area contributed by atoms with E-state index in [1.54, 1.807) is 24.3 Å². The van der Waals surface area contributed by atoms with Crippen molar-refractivity contribution in [3.8, 4) is 0 Å². The van der Waals surface area contributed by atoms with E-state index in [2.05, 4.69) is 10.5 Å². The van der Waals surface area contributed by atoms with Gasteiger partial charge in [-0.2, -0.15) is 5.10 Å². The summed E-state index contributed by atoms with van der Waals surface area (Å²) in [7, 11) is 0. The Morgan fingerprint density at radius 3 is 2.57 bits per heavy atom. The van der Waals surface area contributed by atoms with Crippen molar-refractivity contribution in [1.29, 1.82) is 0 Å². The molecule has 1 aliphatic rings. The Balaban J connectivity index is 1.92. The highest BCUT2D eigenvalue weighted by atomic mass is 35.5. The van der Waals surface area contributed by atoms with Gasteiger partial charge in [-0.15, -0.1) is 0 Å². The first-order valence-corrected chi connectivity index (χ1v) is 7.27. The summed E-state index contributed by atoms with van der Waals surface area (Å²) in [5.74, 6) is -0.191. The van der Waals surface area contributed by atoms with E-state index < -0.39 is 0 Å². The molecule has 0 bridgehead atoms. The first-order chi connectivity index (χ1) is 10.2. The van der Waals surface area contributed by atoms with Crippen LogP contribution in [0, 0.1) is 0 Å². The van der Waals surface area contributed by atoms with Crippen LogP contribution in [0.4, 0.5) is 0 Å². The van der Waals surface area contributed by atoms with E-state index in [1.807, 2.05) is 24.3 Å². The number of carbonyl (C=O) groups is 1. The van der Waals surface area contributed by atoms with Gasteiger partial charge in [0.1, 0.15) is 5.71 Å². The smallest absolute Gasteiger partial charge is 0.209 e. The monoisotopic (exact) mass is 318 g/mol. The molecule has 2 aromatic carbocycles. The molecule has 0 saturated heterocycles. The second-order valence-corrected chi connectivity index (χ2v) is 5.59. The highest BCUT2D eigenvalue weighted by Crippen LogP contribution is 2.29. The number of nitrogens with one attached hydrogen (secondary N) is 1. The normalized spacial score (nSPS) is 17.2. The fourth-order valence-electron chi connectivity index (χ4n) is 2.35. The molecule has 1 aliphatic heterocycles. The van der Waals surface area contributed by atoms with Crippen molar-refractivity contribution in [2.75, 3.05) is 6.54 Å². The minimum Gasteiger partial charge on any atom is -0.309 e. The van der Waals surface area contributed by atoms with E-state index in [0.717, 1.165) is 5.56 Å². The number of halogens is 2. The number of hydrogen-bond donors (Lipinski definition) is 1. The van der Waals surface area contributed by atoms with Crippen LogP contribution < -0.4 is 5.43 Å². The number of carbonyl (C=O) groups excluding carboxylic acids is 1. The molecular weight excluding hydrogens is 307 g/mol. The van der Waals surface area contributed by atoms with Gasteiger partial charge in [0.2, 0.25) is 5.78 Å². The van der Waals surface area contributed by atoms with Crippen molar-refractivity contribution >= 4 is 34.7 Å². The van der Waals surface area contributed by atoms with Crippen LogP contribution in [0.1, 0.15) is 21.8 Å². The lowest BCUT2D eigenvalue weighted by Crippen LogP contribution is -2.21. The summed E-state index contributed by atoms with van der Waals surface area (Å²) in [6.45, 7) is 0.575. The fourth-order valence-corrected chi connectivity index (χ4v) is 2.65. The molecule has 3 rings (SSSR count). The van der Waals surface area contributed by atoms with Crippen LogP contribution in [0.15, 0.2) is 53.6 Å². The lowest BCUT2D eigenvalue weighted by Gasteiger charge is -2.12. The van der Waals surface area contributed by atoms with Gasteiger partial charge in [-0.1, -0.05) is 59.6 Å². The largest absolute Gasteiger partial charge is 0.309 e. The maximum atomic E-state index is 12.6. The van der Waals surface area contributed by atoms with Crippen LogP contribution in [-0.2, 0) is 0 Å². The van der Waals surface area contributed by atoms with Gasteiger partial charge in [0, 0.05) is 12.1 Å². The van der Waals surface area contributed by atoms with Crippen molar-refractivity contribution in [3.05, 3.63) is 69.7 Å². The first kappa shape index (κ1) is 14.1. The third kappa shape index (κ3) is 2.80. The molecular formula is C16H12Cl2N2O. The number of nitrogens with zero attached hydrogens (tertiary/aromatic N) is 1. The minimum atomic E-state index is -0.118. The zero-order valence-electron chi connectivity index (χ0n) is 11.0. The molecule has 1 heterocycles. The quantitative estimate of drug-likeness (QED) is 0.871. The van der Waals surface area contributed by atoms with Gasteiger partial charge in [-0.3, -0.25) is 4.79 Å². The van der Waals surface area contributed by atoms with Crippen molar-refractivity contribution in [2.24, 2.45) is 5.10 Å². The Labute approximate surface area is 132 Å². The number of Topliss-reactive ketones (excluding diaryl/α,β-unsaturated/α-hetero) is 1. The summed E-state index contributed by atoms with van der Waals surface area (Å²) in [5, 5.41) is 5.14. The number of hydrazone groups is 1. The molecule has 21 heavy (non-hydrogen) atoms. The predicted octanol–water partition coefficient (Wildman–Crippen LogP) is 3.92. The van der Waals surface area contributed by atoms with Crippen molar-refractivity contribution in [2.45, 2.75) is 5.92 Å². The van der Waals surface area contributed by atoms with E-state index in [0.29, 0.717) is 27.9 Å². The molecule has 5 heteroatoms. The van der Waals surface area contributed by atoms with Crippen LogP contribution >= 0.6 is 23.2 Å². The summed E-state index contributed by atoms with van der Waals surface area (Å²) in [4.78, 5) is 12.6. The zero-order valence-corrected chi connectivity index (χ0v) is 12.5. The van der Waals surface area contributed by atoms with Gasteiger partial charge in [-0.05, 0) is 17.7 Å². The lowest BCUT2D eigenvalue weighted by atomic mass is 9.90. The van der Waals surface area contributed by atoms with Gasteiger partial charge < -0.3 is 5.43 Å². The summed E-state index contributed by atoms with van der Waals surface area (Å²) >= 11 is 12.0. The van der Waals surface area contributed by atoms with Crippen LogP contribution in [0.3, 0.4) is 0 Å². The second-order valence-electron chi connectivity index (χ2n) is 4.78. The Kier molecular flexibility index (Phi) is 3.95. The number of hydrogen-bond acceptors (Lipinski definition) is 3. The van der Waals surface area contributed by atoms with E-state index >= 15 is 0 Å². The van der Waals surface area contributed by atoms with E-state index in [1.165, 1.54) is 0 Å². The topological polar surface area (TPSA) is 41.5 Å². The van der Waals surface area contributed by atoms with Gasteiger partial charge in [0.05, 0.1) is 16.0 Å². The maximum Gasteiger partial charge on any atom is 0.209 e. The van der Waals surface area contributed by atoms with Crippen molar-refractivity contribution < 1.29 is 4.79 Å². The van der Waals surface area contributed by atoms with Crippen molar-refractivity contribution in [3.63, 3.8) is 0 Å². The number of ketones is 1. The second kappa shape index (κ2) is 5.88. The summed E-state index contributed by atoms with van der Waals surface area (Å²) < 4.78 is 0. The Morgan fingerprint density at radius 1 is 1.10 bits per heavy atom. The molecule has 0 amide bonds. The lowest BCUT2D eigenvalue weighted by molar-refractivity contribution is 0.106. The zero-order chi connectivity index (χ0) is 14.8. The SMILES string of the molecule is O=C(C1=NNCC1c1ccc(Cl)c(Cl)c1)c1ccccc1. The molecule has 1 unspecified atom stereocenters. The van der Waals surface area contributed by atoms with Crippen molar-refractivity contribution in [1.82, 2.24) is 5.43 Å². The number of benzene rings is 2. The molecule has 3 nitrogen and oxygen atoms in total. The molecule has 0 spiro atoms. The maximum absolute atomic E-state index is 12.6. The van der Waals surface area contributed by atoms with Gasteiger partial charge in [-0.25, -0.2) is 0 Å². The van der Waals surface area contributed by atoms with E-state index in [-0.39, 0.29) is 11.7 Å². The van der Waals surface area contributed by atoms with E-state index in [9.17, 15) is 4.79 Å². The molecule has 0 aliphatic carbocycles. The molecule has 2 aromatic rings. The molecule has 0 fully saturated rings. The summed E-state index contributed by atoms with van der Waals surface area (Å²) in [6.07, 6.45) is 0. The van der Waals surface area contributed by atoms with Crippen LogP contribution in [0.5, 0.6) is 0 Å². The molecule has 1 atom stereocenters. The molecule has 0 saturated carbocycles.